The van der Waals surface area contributed by atoms with Crippen molar-refractivity contribution in [3.05, 3.63) is 109 Å². The number of ether oxygens (including phenoxy) is 1. The molecule has 0 aliphatic carbocycles. The van der Waals surface area contributed by atoms with Crippen LogP contribution in [0, 0.1) is 0 Å². The Bertz CT molecular complexity index is 1230. The molecule has 0 radical (unpaired) electrons. The van der Waals surface area contributed by atoms with Crippen LogP contribution in [0.5, 0.6) is 0 Å². The van der Waals surface area contributed by atoms with Gasteiger partial charge in [-0.3, -0.25) is 18.6 Å². The van der Waals surface area contributed by atoms with E-state index in [1.165, 1.54) is 0 Å². The van der Waals surface area contributed by atoms with Crippen LogP contribution in [0.25, 0.3) is 0 Å². The summed E-state index contributed by atoms with van der Waals surface area (Å²) in [4.78, 5) is 33.7. The Morgan fingerprint density at radius 3 is 1.53 bits per heavy atom. The average molecular weight is 758 g/mol. The number of carbonyl (C=O) groups excluding carboxylic acids is 2. The van der Waals surface area contributed by atoms with E-state index in [1.54, 1.807) is 0 Å². The number of phosphoric acid groups is 1. The number of aliphatic hydroxyl groups excluding tert-OH is 1. The Morgan fingerprint density at radius 2 is 1.04 bits per heavy atom. The molecule has 0 aromatic carbocycles. The van der Waals surface area contributed by atoms with E-state index in [0.29, 0.717) is 12.8 Å². The maximum Gasteiger partial charge on any atom is 0.472 e. The fourth-order valence-corrected chi connectivity index (χ4v) is 5.12. The zero-order valence-electron chi connectivity index (χ0n) is 32.4. The highest BCUT2D eigenvalue weighted by atomic mass is 31.2. The number of hydrogen-bond donors (Lipinski definition) is 3. The van der Waals surface area contributed by atoms with Gasteiger partial charge in [0.25, 0.3) is 0 Å². The summed E-state index contributed by atoms with van der Waals surface area (Å²) in [5, 5.41) is 12.6. The van der Waals surface area contributed by atoms with Gasteiger partial charge in [0.05, 0.1) is 13.2 Å². The molecule has 0 saturated carbocycles. The van der Waals surface area contributed by atoms with Crippen LogP contribution < -0.4 is 5.32 Å². The van der Waals surface area contributed by atoms with E-state index in [9.17, 15) is 24.2 Å². The molecule has 0 bridgehead atoms. The molecule has 2 unspecified atom stereocenters. The third kappa shape index (κ3) is 39.7. The number of phosphoric ester groups is 1. The highest BCUT2D eigenvalue weighted by Crippen LogP contribution is 2.42. The topological polar surface area (TPSA) is 131 Å². The lowest BCUT2D eigenvalue weighted by molar-refractivity contribution is -0.147. The Morgan fingerprint density at radius 1 is 0.585 bits per heavy atom. The summed E-state index contributed by atoms with van der Waals surface area (Å²) < 4.78 is 26.7. The lowest BCUT2D eigenvalue weighted by Crippen LogP contribution is -2.27. The summed E-state index contributed by atoms with van der Waals surface area (Å²) in [6, 6.07) is 0. The first-order valence-electron chi connectivity index (χ1n) is 19.4. The van der Waals surface area contributed by atoms with Crippen LogP contribution in [0.15, 0.2) is 109 Å². The normalized spacial score (nSPS) is 14.6. The summed E-state index contributed by atoms with van der Waals surface area (Å²) in [5.41, 5.74) is 0. The van der Waals surface area contributed by atoms with E-state index < -0.39 is 26.5 Å². The number of hydrogen-bond acceptors (Lipinski definition) is 7. The van der Waals surface area contributed by atoms with Crippen LogP contribution in [0.1, 0.15) is 117 Å². The molecular weight excluding hydrogens is 689 g/mol. The number of carbonyl (C=O) groups is 2. The van der Waals surface area contributed by atoms with Crippen molar-refractivity contribution >= 4 is 19.7 Å². The minimum Gasteiger partial charge on any atom is -0.463 e. The first-order chi connectivity index (χ1) is 25.8. The Kier molecular flexibility index (Phi) is 36.0. The molecule has 0 aliphatic heterocycles. The maximum atomic E-state index is 12.1. The maximum absolute atomic E-state index is 12.1. The van der Waals surface area contributed by atoms with E-state index in [0.717, 1.165) is 83.5 Å². The monoisotopic (exact) mass is 757 g/mol. The highest BCUT2D eigenvalue weighted by molar-refractivity contribution is 7.47. The standard InChI is InChI=1S/C43H68NO8P/c1-3-5-7-9-11-13-15-17-18-19-20-21-22-24-26-28-30-32-34-36-43(47)50-39-41(45)40-52-53(48,49)51-38-37-44-42(46)35-33-31-29-27-25-23-16-14-12-10-8-6-4-2/h5-8,11-14,17-18,20-21,23-26,30,32,41,45H,3-4,9-10,15-16,19,22,27-29,31,33-40H2,1-2H3,(H,44,46)(H,48,49)/b7-5-,8-6-,13-11-,14-12-,18-17-,21-20-,25-23-,26-24-,32-30-. The molecule has 10 heteroatoms. The molecule has 3 N–H and O–H groups in total. The molecule has 9 nitrogen and oxygen atoms in total. The minimum atomic E-state index is -4.44. The first-order valence-corrected chi connectivity index (χ1v) is 20.9. The van der Waals surface area contributed by atoms with Crippen molar-refractivity contribution in [2.75, 3.05) is 26.4 Å². The fourth-order valence-electron chi connectivity index (χ4n) is 4.36. The molecular formula is C43H68NO8P. The predicted molar refractivity (Wildman–Crippen MR) is 219 cm³/mol. The van der Waals surface area contributed by atoms with E-state index in [-0.39, 0.29) is 32.1 Å². The van der Waals surface area contributed by atoms with Gasteiger partial charge in [0, 0.05) is 19.4 Å². The number of amides is 1. The van der Waals surface area contributed by atoms with Crippen LogP contribution >= 0.6 is 7.82 Å². The molecule has 2 atom stereocenters. The summed E-state index contributed by atoms with van der Waals surface area (Å²) in [6.07, 6.45) is 50.4. The molecule has 0 spiro atoms. The van der Waals surface area contributed by atoms with Gasteiger partial charge >= 0.3 is 13.8 Å². The number of allylic oxidation sites excluding steroid dienone is 18. The molecule has 298 valence electrons. The van der Waals surface area contributed by atoms with Crippen molar-refractivity contribution in [3.63, 3.8) is 0 Å². The van der Waals surface area contributed by atoms with Gasteiger partial charge in [-0.2, -0.15) is 0 Å². The van der Waals surface area contributed by atoms with Crippen molar-refractivity contribution in [2.24, 2.45) is 0 Å². The molecule has 0 saturated heterocycles. The van der Waals surface area contributed by atoms with Crippen molar-refractivity contribution < 1.29 is 37.9 Å². The van der Waals surface area contributed by atoms with Crippen molar-refractivity contribution in [1.29, 1.82) is 0 Å². The zero-order chi connectivity index (χ0) is 38.9. The summed E-state index contributed by atoms with van der Waals surface area (Å²) >= 11 is 0. The molecule has 53 heavy (non-hydrogen) atoms. The van der Waals surface area contributed by atoms with Gasteiger partial charge < -0.3 is 20.1 Å². The SMILES string of the molecule is CC/C=C\C/C=C\C/C=C\C/C=C\C/C=C\C/C=C\CCC(=O)OCC(O)COP(=O)(O)OCCNC(=O)CCCCC/C=C\C/C=C\C/C=C\CC. The van der Waals surface area contributed by atoms with Gasteiger partial charge in [0.1, 0.15) is 12.7 Å². The third-order valence-corrected chi connectivity index (χ3v) is 8.20. The van der Waals surface area contributed by atoms with Crippen LogP contribution in [0.3, 0.4) is 0 Å². The number of esters is 1. The summed E-state index contributed by atoms with van der Waals surface area (Å²) in [5.74, 6) is -0.646. The van der Waals surface area contributed by atoms with Gasteiger partial charge in [0.15, 0.2) is 0 Å². The Labute approximate surface area is 320 Å². The quantitative estimate of drug-likeness (QED) is 0.0256. The van der Waals surface area contributed by atoms with Gasteiger partial charge in [0.2, 0.25) is 5.91 Å². The summed E-state index contributed by atoms with van der Waals surface area (Å²) in [6.45, 7) is 3.15. The predicted octanol–water partition coefficient (Wildman–Crippen LogP) is 10.4. The van der Waals surface area contributed by atoms with Crippen LogP contribution in [-0.2, 0) is 27.9 Å². The number of aliphatic hydroxyl groups is 1. The van der Waals surface area contributed by atoms with Gasteiger partial charge in [-0.25, -0.2) is 4.57 Å². The van der Waals surface area contributed by atoms with E-state index >= 15 is 0 Å². The largest absolute Gasteiger partial charge is 0.472 e. The smallest absolute Gasteiger partial charge is 0.463 e. The van der Waals surface area contributed by atoms with Gasteiger partial charge in [-0.15, -0.1) is 0 Å². The Hall–Kier alpha value is -3.33. The second-order valence-corrected chi connectivity index (χ2v) is 13.6. The molecule has 0 heterocycles. The van der Waals surface area contributed by atoms with E-state index in [2.05, 4.69) is 116 Å². The average Bonchev–Trinajstić information content (AvgIpc) is 3.14. The number of nitrogens with one attached hydrogen (secondary N) is 1. The van der Waals surface area contributed by atoms with E-state index in [1.807, 2.05) is 12.2 Å². The third-order valence-electron chi connectivity index (χ3n) is 7.21. The fraction of sp³-hybridized carbons (Fsp3) is 0.535. The molecule has 0 fully saturated rings. The lowest BCUT2D eigenvalue weighted by atomic mass is 10.1. The van der Waals surface area contributed by atoms with Gasteiger partial charge in [-0.1, -0.05) is 130 Å². The first kappa shape index (κ1) is 49.7. The minimum absolute atomic E-state index is 0.0498. The molecule has 0 aliphatic rings. The van der Waals surface area contributed by atoms with Crippen LogP contribution in [0.4, 0.5) is 0 Å². The van der Waals surface area contributed by atoms with Crippen molar-refractivity contribution in [3.8, 4) is 0 Å². The lowest BCUT2D eigenvalue weighted by Gasteiger charge is -2.15. The molecule has 0 rings (SSSR count). The van der Waals surface area contributed by atoms with Crippen LogP contribution in [0.2, 0.25) is 0 Å². The van der Waals surface area contributed by atoms with E-state index in [4.69, 9.17) is 13.8 Å². The zero-order valence-corrected chi connectivity index (χ0v) is 33.3. The molecule has 0 aromatic heterocycles. The molecule has 1 amide bonds. The highest BCUT2D eigenvalue weighted by Gasteiger charge is 2.23. The second kappa shape index (κ2) is 38.4. The van der Waals surface area contributed by atoms with Gasteiger partial charge in [-0.05, 0) is 83.5 Å². The van der Waals surface area contributed by atoms with Crippen LogP contribution in [-0.4, -0.2) is 54.3 Å². The molecule has 0 aromatic rings. The summed E-state index contributed by atoms with van der Waals surface area (Å²) in [7, 11) is -4.44. The second-order valence-electron chi connectivity index (χ2n) is 12.1. The number of rotatable bonds is 34. The van der Waals surface area contributed by atoms with Crippen molar-refractivity contribution in [2.45, 2.75) is 123 Å². The number of unbranched alkanes of at least 4 members (excludes halogenated alkanes) is 3. The van der Waals surface area contributed by atoms with Crippen molar-refractivity contribution in [1.82, 2.24) is 5.32 Å². The Balaban J connectivity index is 3.81.